The second-order valence-electron chi connectivity index (χ2n) is 6.40. The van der Waals surface area contributed by atoms with Gasteiger partial charge in [-0.05, 0) is 11.6 Å². The zero-order valence-electron chi connectivity index (χ0n) is 16.5. The second kappa shape index (κ2) is 9.01. The molecule has 0 radical (unpaired) electrons. The van der Waals surface area contributed by atoms with Crippen LogP contribution in [0.5, 0.6) is 5.75 Å². The van der Waals surface area contributed by atoms with Gasteiger partial charge in [-0.2, -0.15) is 5.10 Å². The van der Waals surface area contributed by atoms with Gasteiger partial charge in [-0.3, -0.25) is 14.5 Å². The van der Waals surface area contributed by atoms with Crippen molar-refractivity contribution in [2.24, 2.45) is 4.99 Å². The Morgan fingerprint density at radius 3 is 2.66 bits per heavy atom. The van der Waals surface area contributed by atoms with Crippen molar-refractivity contribution >= 4 is 12.4 Å². The number of aliphatic imine (C=N–C) groups is 1. The van der Waals surface area contributed by atoms with Crippen molar-refractivity contribution in [1.29, 1.82) is 5.41 Å². The highest BCUT2D eigenvalue weighted by atomic mass is 16.5. The molecule has 0 bridgehead atoms. The summed E-state index contributed by atoms with van der Waals surface area (Å²) in [5.74, 6) is 0.906. The van der Waals surface area contributed by atoms with Crippen molar-refractivity contribution < 1.29 is 4.74 Å². The molecule has 3 rings (SSSR count). The van der Waals surface area contributed by atoms with E-state index in [0.29, 0.717) is 17.3 Å². The Morgan fingerprint density at radius 2 is 2.00 bits per heavy atom. The smallest absolute Gasteiger partial charge is 0.203 e. The molecule has 0 aliphatic carbocycles. The van der Waals surface area contributed by atoms with Crippen LogP contribution in [0.4, 0.5) is 0 Å². The first-order valence-corrected chi connectivity index (χ1v) is 9.06. The zero-order valence-corrected chi connectivity index (χ0v) is 16.5. The average molecular weight is 390 g/mol. The van der Waals surface area contributed by atoms with E-state index in [4.69, 9.17) is 10.1 Å². The highest BCUT2D eigenvalue weighted by Crippen LogP contribution is 2.25. The van der Waals surface area contributed by atoms with Crippen molar-refractivity contribution in [3.63, 3.8) is 0 Å². The molecule has 8 nitrogen and oxygen atoms in total. The van der Waals surface area contributed by atoms with Crippen molar-refractivity contribution in [3.05, 3.63) is 70.4 Å². The zero-order chi connectivity index (χ0) is 20.8. The van der Waals surface area contributed by atoms with Crippen LogP contribution in [0.15, 0.2) is 58.7 Å². The number of methoxy groups -OCH3 is 1. The number of nitrogens with zero attached hydrogens (tertiary/aromatic N) is 5. The van der Waals surface area contributed by atoms with E-state index in [-0.39, 0.29) is 11.3 Å². The van der Waals surface area contributed by atoms with Gasteiger partial charge in [0.05, 0.1) is 19.5 Å². The lowest BCUT2D eigenvalue weighted by Gasteiger charge is -2.16. The number of ether oxygens (including phenoxy) is 1. The maximum atomic E-state index is 12.5. The van der Waals surface area contributed by atoms with E-state index in [1.165, 1.54) is 12.3 Å². The predicted molar refractivity (Wildman–Crippen MR) is 112 cm³/mol. The van der Waals surface area contributed by atoms with E-state index in [0.717, 1.165) is 11.1 Å². The van der Waals surface area contributed by atoms with E-state index in [1.54, 1.807) is 43.6 Å². The Balaban J connectivity index is 1.97. The molecule has 0 aliphatic rings. The van der Waals surface area contributed by atoms with Gasteiger partial charge in [-0.25, -0.2) is 9.97 Å². The van der Waals surface area contributed by atoms with Crippen molar-refractivity contribution in [2.45, 2.75) is 18.9 Å². The van der Waals surface area contributed by atoms with Gasteiger partial charge in [0.2, 0.25) is 5.43 Å². The molecule has 0 fully saturated rings. The molecule has 0 saturated heterocycles. The Morgan fingerprint density at radius 1 is 1.24 bits per heavy atom. The molecule has 0 spiro atoms. The van der Waals surface area contributed by atoms with Crippen LogP contribution in [-0.2, 0) is 0 Å². The van der Waals surface area contributed by atoms with Gasteiger partial charge in [0.25, 0.3) is 0 Å². The normalized spacial score (nSPS) is 13.2. The topological polar surface area (TPSA) is 106 Å². The lowest BCUT2D eigenvalue weighted by Crippen LogP contribution is -2.23. The number of rotatable bonds is 7. The third-order valence-corrected chi connectivity index (χ3v) is 4.55. The lowest BCUT2D eigenvalue weighted by atomic mass is 9.95. The summed E-state index contributed by atoms with van der Waals surface area (Å²) < 4.78 is 6.66. The molecular weight excluding hydrogens is 368 g/mol. The standard InChI is InChI=1S/C21H22N6O2/c1-14(20-19(28)7-8-27(26-20)17(10-22)11-23-2)15-5-4-6-16(9-15)21-24-12-18(29-3)13-25-21/h4-14,17,22H,1-3H3. The average Bonchev–Trinajstić information content (AvgIpc) is 2.77. The summed E-state index contributed by atoms with van der Waals surface area (Å²) in [7, 11) is 3.20. The molecule has 0 saturated carbocycles. The summed E-state index contributed by atoms with van der Waals surface area (Å²) in [5.41, 5.74) is 2.00. The van der Waals surface area contributed by atoms with Crippen molar-refractivity contribution in [1.82, 2.24) is 19.7 Å². The maximum absolute atomic E-state index is 12.5. The van der Waals surface area contributed by atoms with Gasteiger partial charge in [0.1, 0.15) is 11.7 Å². The third-order valence-electron chi connectivity index (χ3n) is 4.55. The monoisotopic (exact) mass is 390 g/mol. The minimum absolute atomic E-state index is 0.156. The number of hydrogen-bond acceptors (Lipinski definition) is 7. The minimum Gasteiger partial charge on any atom is -0.494 e. The Kier molecular flexibility index (Phi) is 6.23. The first kappa shape index (κ1) is 20.1. The maximum Gasteiger partial charge on any atom is 0.203 e. The summed E-state index contributed by atoms with van der Waals surface area (Å²) in [6.07, 6.45) is 7.62. The molecule has 3 aromatic rings. The van der Waals surface area contributed by atoms with E-state index in [2.05, 4.69) is 20.1 Å². The molecule has 2 atom stereocenters. The van der Waals surface area contributed by atoms with Gasteiger partial charge in [0, 0.05) is 43.2 Å². The predicted octanol–water partition coefficient (Wildman–Crippen LogP) is 2.75. The van der Waals surface area contributed by atoms with Crippen LogP contribution in [0.2, 0.25) is 0 Å². The van der Waals surface area contributed by atoms with Crippen molar-refractivity contribution in [3.8, 4) is 17.1 Å². The fourth-order valence-corrected chi connectivity index (χ4v) is 2.92. The van der Waals surface area contributed by atoms with Crippen LogP contribution in [0.3, 0.4) is 0 Å². The minimum atomic E-state index is -0.439. The molecule has 2 unspecified atom stereocenters. The van der Waals surface area contributed by atoms with Gasteiger partial charge in [-0.1, -0.05) is 25.1 Å². The van der Waals surface area contributed by atoms with Crippen molar-refractivity contribution in [2.75, 3.05) is 14.2 Å². The van der Waals surface area contributed by atoms with Crippen LogP contribution in [0.1, 0.15) is 30.1 Å². The third kappa shape index (κ3) is 4.43. The number of benzene rings is 1. The summed E-state index contributed by atoms with van der Waals surface area (Å²) >= 11 is 0. The SMILES string of the molecule is CN=CC(C=N)n1ccc(=O)c(C(C)c2cccc(-c3ncc(OC)cn3)c2)n1. The van der Waals surface area contributed by atoms with Crippen LogP contribution in [0.25, 0.3) is 11.4 Å². The molecule has 2 aromatic heterocycles. The molecular formula is C21H22N6O2. The van der Waals surface area contributed by atoms with Gasteiger partial charge in [0.15, 0.2) is 11.6 Å². The van der Waals surface area contributed by atoms with Crippen LogP contribution in [0, 0.1) is 5.41 Å². The molecule has 1 aromatic carbocycles. The summed E-state index contributed by atoms with van der Waals surface area (Å²) in [6, 6.07) is 8.74. The number of hydrogen-bond donors (Lipinski definition) is 1. The van der Waals surface area contributed by atoms with E-state index < -0.39 is 6.04 Å². The van der Waals surface area contributed by atoms with Crippen LogP contribution < -0.4 is 10.2 Å². The highest BCUT2D eigenvalue weighted by molar-refractivity contribution is 5.84. The van der Waals surface area contributed by atoms with Crippen LogP contribution in [-0.4, -0.2) is 46.3 Å². The lowest BCUT2D eigenvalue weighted by molar-refractivity contribution is 0.411. The Labute approximate surface area is 168 Å². The van der Waals surface area contributed by atoms with Gasteiger partial charge < -0.3 is 10.1 Å². The summed E-state index contributed by atoms with van der Waals surface area (Å²) in [4.78, 5) is 25.1. The van der Waals surface area contributed by atoms with Gasteiger partial charge >= 0.3 is 0 Å². The molecule has 0 amide bonds. The first-order chi connectivity index (χ1) is 14.1. The molecule has 29 heavy (non-hydrogen) atoms. The summed E-state index contributed by atoms with van der Waals surface area (Å²) in [6.45, 7) is 1.93. The van der Waals surface area contributed by atoms with E-state index >= 15 is 0 Å². The highest BCUT2D eigenvalue weighted by Gasteiger charge is 2.17. The molecule has 8 heteroatoms. The first-order valence-electron chi connectivity index (χ1n) is 9.06. The number of nitrogens with one attached hydrogen (secondary N) is 1. The molecule has 148 valence electrons. The second-order valence-corrected chi connectivity index (χ2v) is 6.40. The summed E-state index contributed by atoms with van der Waals surface area (Å²) in [5, 5.41) is 12.0. The quantitative estimate of drug-likeness (QED) is 0.624. The fraction of sp³-hybridized carbons (Fsp3) is 0.238. The van der Waals surface area contributed by atoms with E-state index in [9.17, 15) is 4.79 Å². The largest absolute Gasteiger partial charge is 0.494 e. The number of aromatic nitrogens is 4. The molecule has 1 N–H and O–H groups in total. The van der Waals surface area contributed by atoms with E-state index in [1.807, 2.05) is 31.2 Å². The molecule has 2 heterocycles. The fourth-order valence-electron chi connectivity index (χ4n) is 2.92. The Bertz CT molecular complexity index is 1080. The van der Waals surface area contributed by atoms with Gasteiger partial charge in [-0.15, -0.1) is 0 Å². The Hall–Kier alpha value is -3.68. The van der Waals surface area contributed by atoms with Crippen LogP contribution >= 0.6 is 0 Å². The molecule has 0 aliphatic heterocycles.